The third-order valence-electron chi connectivity index (χ3n) is 6.58. The van der Waals surface area contributed by atoms with Gasteiger partial charge in [-0.1, -0.05) is 31.4 Å². The van der Waals surface area contributed by atoms with E-state index in [0.29, 0.717) is 22.9 Å². The van der Waals surface area contributed by atoms with Gasteiger partial charge in [-0.15, -0.1) is 0 Å². The van der Waals surface area contributed by atoms with Crippen molar-refractivity contribution in [2.45, 2.75) is 56.9 Å². The van der Waals surface area contributed by atoms with E-state index in [-0.39, 0.29) is 11.7 Å². The third-order valence-corrected chi connectivity index (χ3v) is 6.58. The Morgan fingerprint density at radius 1 is 1.07 bits per heavy atom. The lowest BCUT2D eigenvalue weighted by atomic mass is 9.88. The van der Waals surface area contributed by atoms with Gasteiger partial charge in [-0.25, -0.2) is 4.98 Å². The average Bonchev–Trinajstić information content (AvgIpc) is 2.80. The Morgan fingerprint density at radius 3 is 2.50 bits per heavy atom. The fourth-order valence-electron chi connectivity index (χ4n) is 4.85. The van der Waals surface area contributed by atoms with Gasteiger partial charge in [-0.05, 0) is 63.0 Å². The molecule has 1 saturated heterocycles. The Labute approximate surface area is 178 Å². The van der Waals surface area contributed by atoms with Gasteiger partial charge in [0.25, 0.3) is 5.91 Å². The SMILES string of the molecule is COc1ccccc1NC(=O)c1ccc(C2CCN(C3CCCCC3)CC2)nc1N. The van der Waals surface area contributed by atoms with Crippen LogP contribution in [0.3, 0.4) is 0 Å². The monoisotopic (exact) mass is 408 g/mol. The van der Waals surface area contributed by atoms with Gasteiger partial charge in [0.15, 0.2) is 0 Å². The zero-order chi connectivity index (χ0) is 20.9. The highest BCUT2D eigenvalue weighted by Crippen LogP contribution is 2.32. The van der Waals surface area contributed by atoms with E-state index in [1.807, 2.05) is 18.2 Å². The maximum atomic E-state index is 12.7. The van der Waals surface area contributed by atoms with Crippen molar-refractivity contribution in [3.8, 4) is 5.75 Å². The van der Waals surface area contributed by atoms with E-state index in [1.165, 1.54) is 32.1 Å². The Kier molecular flexibility index (Phi) is 6.53. The van der Waals surface area contributed by atoms with Crippen molar-refractivity contribution in [1.29, 1.82) is 0 Å². The number of ether oxygens (including phenoxy) is 1. The topological polar surface area (TPSA) is 80.5 Å². The Morgan fingerprint density at radius 2 is 1.80 bits per heavy atom. The molecule has 1 aliphatic carbocycles. The maximum Gasteiger partial charge on any atom is 0.259 e. The minimum absolute atomic E-state index is 0.275. The molecular weight excluding hydrogens is 376 g/mol. The molecule has 2 aromatic rings. The second-order valence-electron chi connectivity index (χ2n) is 8.43. The van der Waals surface area contributed by atoms with Crippen molar-refractivity contribution in [3.05, 3.63) is 47.7 Å². The number of likely N-dealkylation sites (tertiary alicyclic amines) is 1. The van der Waals surface area contributed by atoms with Crippen LogP contribution >= 0.6 is 0 Å². The number of rotatable bonds is 5. The standard InChI is InChI=1S/C24H32N4O2/c1-30-22-10-6-5-9-21(22)27-24(29)19-11-12-20(26-23(19)25)17-13-15-28(16-14-17)18-7-3-2-4-8-18/h5-6,9-12,17-18H,2-4,7-8,13-16H2,1H3,(H2,25,26)(H,27,29). The number of nitrogen functional groups attached to an aromatic ring is 1. The minimum Gasteiger partial charge on any atom is -0.495 e. The third kappa shape index (κ3) is 4.59. The van der Waals surface area contributed by atoms with Crippen LogP contribution in [0.15, 0.2) is 36.4 Å². The first-order chi connectivity index (χ1) is 14.7. The molecule has 0 bridgehead atoms. The summed E-state index contributed by atoms with van der Waals surface area (Å²) in [7, 11) is 1.58. The second-order valence-corrected chi connectivity index (χ2v) is 8.43. The number of benzene rings is 1. The van der Waals surface area contributed by atoms with Gasteiger partial charge in [0, 0.05) is 17.7 Å². The first-order valence-corrected chi connectivity index (χ1v) is 11.1. The summed E-state index contributed by atoms with van der Waals surface area (Å²) >= 11 is 0. The fraction of sp³-hybridized carbons (Fsp3) is 0.500. The van der Waals surface area contributed by atoms with Gasteiger partial charge in [0.05, 0.1) is 18.4 Å². The van der Waals surface area contributed by atoms with Crippen LogP contribution in [-0.4, -0.2) is 42.0 Å². The molecule has 2 heterocycles. The molecular formula is C24H32N4O2. The zero-order valence-corrected chi connectivity index (χ0v) is 17.8. The largest absolute Gasteiger partial charge is 0.495 e. The van der Waals surface area contributed by atoms with Crippen molar-refractivity contribution < 1.29 is 9.53 Å². The van der Waals surface area contributed by atoms with Crippen LogP contribution < -0.4 is 15.8 Å². The number of nitrogens with zero attached hydrogens (tertiary/aromatic N) is 2. The lowest BCUT2D eigenvalue weighted by Crippen LogP contribution is -2.42. The maximum absolute atomic E-state index is 12.7. The number of nitrogens with two attached hydrogens (primary N) is 1. The normalized spacial score (nSPS) is 18.8. The van der Waals surface area contributed by atoms with Gasteiger partial charge in [0.1, 0.15) is 11.6 Å². The summed E-state index contributed by atoms with van der Waals surface area (Å²) < 4.78 is 5.30. The molecule has 30 heavy (non-hydrogen) atoms. The first-order valence-electron chi connectivity index (χ1n) is 11.1. The Balaban J connectivity index is 1.39. The Hall–Kier alpha value is -2.60. The number of pyridine rings is 1. The molecule has 0 atom stereocenters. The molecule has 0 radical (unpaired) electrons. The lowest BCUT2D eigenvalue weighted by Gasteiger charge is -2.39. The highest BCUT2D eigenvalue weighted by Gasteiger charge is 2.28. The van der Waals surface area contributed by atoms with E-state index in [1.54, 1.807) is 25.3 Å². The number of aromatic nitrogens is 1. The van der Waals surface area contributed by atoms with E-state index < -0.39 is 0 Å². The quantitative estimate of drug-likeness (QED) is 0.765. The van der Waals surface area contributed by atoms with Crippen molar-refractivity contribution in [3.63, 3.8) is 0 Å². The number of carbonyl (C=O) groups is 1. The summed E-state index contributed by atoms with van der Waals surface area (Å²) in [6.45, 7) is 2.26. The van der Waals surface area contributed by atoms with E-state index >= 15 is 0 Å². The molecule has 1 aromatic carbocycles. The van der Waals surface area contributed by atoms with Crippen LogP contribution in [-0.2, 0) is 0 Å². The minimum atomic E-state index is -0.275. The van der Waals surface area contributed by atoms with Crippen LogP contribution in [0.1, 0.15) is 66.9 Å². The predicted octanol–water partition coefficient (Wildman–Crippen LogP) is 4.44. The number of para-hydroxylation sites is 2. The van der Waals surface area contributed by atoms with Gasteiger partial charge >= 0.3 is 0 Å². The number of hydrogen-bond acceptors (Lipinski definition) is 5. The van der Waals surface area contributed by atoms with E-state index in [4.69, 9.17) is 10.5 Å². The lowest BCUT2D eigenvalue weighted by molar-refractivity contribution is 0.102. The number of anilines is 2. The number of carbonyl (C=O) groups excluding carboxylic acids is 1. The van der Waals surface area contributed by atoms with Crippen LogP contribution in [0, 0.1) is 0 Å². The Bertz CT molecular complexity index is 871. The number of amides is 1. The summed E-state index contributed by atoms with van der Waals surface area (Å²) in [5, 5.41) is 2.87. The number of nitrogens with one attached hydrogen (secondary N) is 1. The van der Waals surface area contributed by atoms with Crippen molar-refractivity contribution in [1.82, 2.24) is 9.88 Å². The van der Waals surface area contributed by atoms with E-state index in [9.17, 15) is 4.79 Å². The van der Waals surface area contributed by atoms with E-state index in [2.05, 4.69) is 15.2 Å². The molecule has 160 valence electrons. The zero-order valence-electron chi connectivity index (χ0n) is 17.8. The molecule has 1 amide bonds. The highest BCUT2D eigenvalue weighted by atomic mass is 16.5. The van der Waals surface area contributed by atoms with Gasteiger partial charge in [0.2, 0.25) is 0 Å². The van der Waals surface area contributed by atoms with Gasteiger partial charge < -0.3 is 20.7 Å². The van der Waals surface area contributed by atoms with E-state index in [0.717, 1.165) is 37.7 Å². The molecule has 6 nitrogen and oxygen atoms in total. The second kappa shape index (κ2) is 9.47. The smallest absolute Gasteiger partial charge is 0.259 e. The highest BCUT2D eigenvalue weighted by molar-refractivity contribution is 6.07. The predicted molar refractivity (Wildman–Crippen MR) is 120 cm³/mol. The van der Waals surface area contributed by atoms with Crippen LogP contribution in [0.5, 0.6) is 5.75 Å². The van der Waals surface area contributed by atoms with Crippen LogP contribution in [0.4, 0.5) is 11.5 Å². The van der Waals surface area contributed by atoms with Gasteiger partial charge in [-0.3, -0.25) is 4.79 Å². The van der Waals surface area contributed by atoms with Crippen molar-refractivity contribution in [2.75, 3.05) is 31.2 Å². The molecule has 0 unspecified atom stereocenters. The van der Waals surface area contributed by atoms with Crippen LogP contribution in [0.25, 0.3) is 0 Å². The molecule has 1 aromatic heterocycles. The summed E-state index contributed by atoms with van der Waals surface area (Å²) in [6.07, 6.45) is 9.07. The molecule has 2 aliphatic rings. The fourth-order valence-corrected chi connectivity index (χ4v) is 4.85. The molecule has 0 spiro atoms. The molecule has 2 fully saturated rings. The summed E-state index contributed by atoms with van der Waals surface area (Å²) in [5.74, 6) is 1.04. The van der Waals surface area contributed by atoms with Gasteiger partial charge in [-0.2, -0.15) is 0 Å². The summed E-state index contributed by atoms with van der Waals surface area (Å²) in [4.78, 5) is 20.0. The number of methoxy groups -OCH3 is 1. The average molecular weight is 409 g/mol. The summed E-state index contributed by atoms with van der Waals surface area (Å²) in [6, 6.07) is 11.9. The summed E-state index contributed by atoms with van der Waals surface area (Å²) in [5.41, 5.74) is 8.20. The molecule has 6 heteroatoms. The van der Waals surface area contributed by atoms with Crippen molar-refractivity contribution >= 4 is 17.4 Å². The molecule has 4 rings (SSSR count). The number of piperidine rings is 1. The number of hydrogen-bond donors (Lipinski definition) is 2. The molecule has 1 aliphatic heterocycles. The molecule has 3 N–H and O–H groups in total. The van der Waals surface area contributed by atoms with Crippen LogP contribution in [0.2, 0.25) is 0 Å². The van der Waals surface area contributed by atoms with Crippen molar-refractivity contribution in [2.24, 2.45) is 0 Å². The first kappa shape index (κ1) is 20.7. The molecule has 1 saturated carbocycles.